The van der Waals surface area contributed by atoms with Gasteiger partial charge in [0.05, 0.1) is 11.7 Å². The third-order valence-electron chi connectivity index (χ3n) is 3.42. The van der Waals surface area contributed by atoms with E-state index in [1.165, 1.54) is 0 Å². The van der Waals surface area contributed by atoms with Crippen LogP contribution in [-0.2, 0) is 4.79 Å². The molecule has 2 rings (SSSR count). The van der Waals surface area contributed by atoms with Crippen LogP contribution in [0.4, 0.5) is 0 Å². The van der Waals surface area contributed by atoms with Crippen LogP contribution >= 0.6 is 0 Å². The summed E-state index contributed by atoms with van der Waals surface area (Å²) >= 11 is 0. The van der Waals surface area contributed by atoms with Crippen molar-refractivity contribution in [3.05, 3.63) is 23.8 Å². The van der Waals surface area contributed by atoms with Crippen LogP contribution in [0.5, 0.6) is 0 Å². The molecular weight excluding hydrogens is 226 g/mol. The number of aryl methyl sites for hydroxylation is 1. The summed E-state index contributed by atoms with van der Waals surface area (Å²) in [5.41, 5.74) is 0.983. The van der Waals surface area contributed by atoms with Gasteiger partial charge in [0.1, 0.15) is 5.82 Å². The van der Waals surface area contributed by atoms with Crippen molar-refractivity contribution in [1.29, 1.82) is 0 Å². The molecule has 0 spiro atoms. The lowest BCUT2D eigenvalue weighted by Crippen LogP contribution is -2.41. The largest absolute Gasteiger partial charge is 0.334 e. The Morgan fingerprint density at radius 1 is 1.44 bits per heavy atom. The van der Waals surface area contributed by atoms with Gasteiger partial charge in [0.15, 0.2) is 0 Å². The average molecular weight is 247 g/mol. The fraction of sp³-hybridized carbons (Fsp3) is 0.643. The number of aromatic nitrogens is 2. The fourth-order valence-corrected chi connectivity index (χ4v) is 2.49. The van der Waals surface area contributed by atoms with Crippen molar-refractivity contribution < 1.29 is 4.79 Å². The monoisotopic (exact) mass is 247 g/mol. The molecule has 4 nitrogen and oxygen atoms in total. The fourth-order valence-electron chi connectivity index (χ4n) is 2.49. The minimum absolute atomic E-state index is 0.0496. The van der Waals surface area contributed by atoms with Crippen LogP contribution in [0.15, 0.2) is 12.3 Å². The molecule has 1 atom stereocenters. The van der Waals surface area contributed by atoms with E-state index in [-0.39, 0.29) is 17.9 Å². The number of carbonyl (C=O) groups excluding carboxylic acids is 1. The SMILES string of the molecule is Cc1nccc([C@@H]2CCCCN2C(=O)C(C)C)n1. The van der Waals surface area contributed by atoms with Gasteiger partial charge in [0.25, 0.3) is 0 Å². The Morgan fingerprint density at radius 2 is 2.22 bits per heavy atom. The number of hydrogen-bond donors (Lipinski definition) is 0. The number of piperidine rings is 1. The van der Waals surface area contributed by atoms with E-state index in [2.05, 4.69) is 9.97 Å². The number of amides is 1. The molecule has 0 saturated carbocycles. The summed E-state index contributed by atoms with van der Waals surface area (Å²) in [5.74, 6) is 1.06. The first-order valence-corrected chi connectivity index (χ1v) is 6.69. The van der Waals surface area contributed by atoms with E-state index in [9.17, 15) is 4.79 Å². The van der Waals surface area contributed by atoms with Crippen molar-refractivity contribution in [2.24, 2.45) is 5.92 Å². The van der Waals surface area contributed by atoms with Crippen molar-refractivity contribution >= 4 is 5.91 Å². The summed E-state index contributed by atoms with van der Waals surface area (Å²) in [6, 6.07) is 2.07. The predicted octanol–water partition coefficient (Wildman–Crippen LogP) is 2.49. The van der Waals surface area contributed by atoms with Gasteiger partial charge in [-0.3, -0.25) is 4.79 Å². The first-order valence-electron chi connectivity index (χ1n) is 6.69. The van der Waals surface area contributed by atoms with E-state index in [1.807, 2.05) is 31.7 Å². The molecule has 0 unspecified atom stereocenters. The maximum absolute atomic E-state index is 12.2. The van der Waals surface area contributed by atoms with Crippen LogP contribution in [0.25, 0.3) is 0 Å². The smallest absolute Gasteiger partial charge is 0.225 e. The zero-order valence-corrected chi connectivity index (χ0v) is 11.4. The third-order valence-corrected chi connectivity index (χ3v) is 3.42. The molecule has 4 heteroatoms. The standard InChI is InChI=1S/C14H21N3O/c1-10(2)14(18)17-9-5-4-6-13(17)12-7-8-15-11(3)16-12/h7-8,10,13H,4-6,9H2,1-3H3/t13-/m0/s1. The van der Waals surface area contributed by atoms with Gasteiger partial charge in [-0.1, -0.05) is 13.8 Å². The van der Waals surface area contributed by atoms with E-state index in [1.54, 1.807) is 6.20 Å². The van der Waals surface area contributed by atoms with Gasteiger partial charge in [-0.2, -0.15) is 0 Å². The summed E-state index contributed by atoms with van der Waals surface area (Å²) in [4.78, 5) is 22.9. The molecular formula is C14H21N3O. The number of rotatable bonds is 2. The minimum Gasteiger partial charge on any atom is -0.334 e. The Labute approximate surface area is 108 Å². The maximum Gasteiger partial charge on any atom is 0.225 e. The molecule has 1 aliphatic rings. The lowest BCUT2D eigenvalue weighted by atomic mass is 9.97. The molecule has 2 heterocycles. The topological polar surface area (TPSA) is 46.1 Å². The van der Waals surface area contributed by atoms with Crippen LogP contribution in [0.3, 0.4) is 0 Å². The second kappa shape index (κ2) is 5.46. The third kappa shape index (κ3) is 2.68. The average Bonchev–Trinajstić information content (AvgIpc) is 2.38. The van der Waals surface area contributed by atoms with E-state index in [0.29, 0.717) is 0 Å². The molecule has 98 valence electrons. The van der Waals surface area contributed by atoms with Gasteiger partial charge in [0.2, 0.25) is 5.91 Å². The predicted molar refractivity (Wildman–Crippen MR) is 69.9 cm³/mol. The highest BCUT2D eigenvalue weighted by Gasteiger charge is 2.30. The molecule has 0 radical (unpaired) electrons. The second-order valence-corrected chi connectivity index (χ2v) is 5.23. The number of carbonyl (C=O) groups is 1. The summed E-state index contributed by atoms with van der Waals surface area (Å²) in [5, 5.41) is 0. The van der Waals surface area contributed by atoms with Gasteiger partial charge in [0, 0.05) is 18.7 Å². The molecule has 0 bridgehead atoms. The van der Waals surface area contributed by atoms with Gasteiger partial charge < -0.3 is 4.90 Å². The quantitative estimate of drug-likeness (QED) is 0.806. The van der Waals surface area contributed by atoms with Crippen molar-refractivity contribution in [3.8, 4) is 0 Å². The van der Waals surface area contributed by atoms with Gasteiger partial charge in [-0.05, 0) is 32.3 Å². The molecule has 18 heavy (non-hydrogen) atoms. The van der Waals surface area contributed by atoms with Gasteiger partial charge >= 0.3 is 0 Å². The Kier molecular flexibility index (Phi) is 3.94. The Morgan fingerprint density at radius 3 is 2.89 bits per heavy atom. The van der Waals surface area contributed by atoms with Gasteiger partial charge in [-0.25, -0.2) is 9.97 Å². The first-order chi connectivity index (χ1) is 8.59. The molecule has 0 aromatic carbocycles. The van der Waals surface area contributed by atoms with Crippen LogP contribution in [0.1, 0.15) is 50.7 Å². The van der Waals surface area contributed by atoms with Crippen molar-refractivity contribution in [2.45, 2.75) is 46.1 Å². The number of hydrogen-bond acceptors (Lipinski definition) is 3. The van der Waals surface area contributed by atoms with Crippen LogP contribution in [-0.4, -0.2) is 27.3 Å². The summed E-state index contributed by atoms with van der Waals surface area (Å²) < 4.78 is 0. The molecule has 1 aromatic rings. The van der Waals surface area contributed by atoms with E-state index >= 15 is 0 Å². The number of nitrogens with zero attached hydrogens (tertiary/aromatic N) is 3. The van der Waals surface area contributed by atoms with Crippen LogP contribution in [0, 0.1) is 12.8 Å². The van der Waals surface area contributed by atoms with E-state index < -0.39 is 0 Å². The Hall–Kier alpha value is -1.45. The molecule has 1 saturated heterocycles. The Balaban J connectivity index is 2.25. The first kappa shape index (κ1) is 13.0. The van der Waals surface area contributed by atoms with Crippen LogP contribution in [0.2, 0.25) is 0 Å². The highest BCUT2D eigenvalue weighted by molar-refractivity contribution is 5.78. The molecule has 1 aromatic heterocycles. The molecule has 0 N–H and O–H groups in total. The number of likely N-dealkylation sites (tertiary alicyclic amines) is 1. The van der Waals surface area contributed by atoms with Crippen LogP contribution < -0.4 is 0 Å². The normalized spacial score (nSPS) is 20.2. The highest BCUT2D eigenvalue weighted by atomic mass is 16.2. The summed E-state index contributed by atoms with van der Waals surface area (Å²) in [6.45, 7) is 6.66. The van der Waals surface area contributed by atoms with Crippen molar-refractivity contribution in [3.63, 3.8) is 0 Å². The lowest BCUT2D eigenvalue weighted by Gasteiger charge is -2.36. The van der Waals surface area contributed by atoms with Crippen molar-refractivity contribution in [2.75, 3.05) is 6.54 Å². The zero-order chi connectivity index (χ0) is 13.1. The van der Waals surface area contributed by atoms with E-state index in [0.717, 1.165) is 37.3 Å². The van der Waals surface area contributed by atoms with Gasteiger partial charge in [-0.15, -0.1) is 0 Å². The molecule has 1 amide bonds. The minimum atomic E-state index is 0.0496. The Bertz CT molecular complexity index is 431. The zero-order valence-electron chi connectivity index (χ0n) is 11.4. The lowest BCUT2D eigenvalue weighted by molar-refractivity contribution is -0.138. The van der Waals surface area contributed by atoms with Crippen molar-refractivity contribution in [1.82, 2.24) is 14.9 Å². The maximum atomic E-state index is 12.2. The molecule has 1 fully saturated rings. The molecule has 1 aliphatic heterocycles. The second-order valence-electron chi connectivity index (χ2n) is 5.23. The molecule has 0 aliphatic carbocycles. The van der Waals surface area contributed by atoms with E-state index in [4.69, 9.17) is 0 Å². The highest BCUT2D eigenvalue weighted by Crippen LogP contribution is 2.30. The summed E-state index contributed by atoms with van der Waals surface area (Å²) in [7, 11) is 0. The summed E-state index contributed by atoms with van der Waals surface area (Å²) in [6.07, 6.45) is 5.05.